The first-order valence-corrected chi connectivity index (χ1v) is 23.1. The minimum atomic E-state index is -1.01. The van der Waals surface area contributed by atoms with Gasteiger partial charge in [-0.25, -0.2) is 0 Å². The third kappa shape index (κ3) is 5.02. The molecule has 0 saturated carbocycles. The molecular weight excluding hydrogens is 863 g/mol. The van der Waals surface area contributed by atoms with Crippen molar-refractivity contribution in [3.05, 3.63) is 234 Å². The summed E-state index contributed by atoms with van der Waals surface area (Å²) in [6.07, 6.45) is 3.90. The molecule has 1 atom stereocenters. The zero-order valence-corrected chi connectivity index (χ0v) is 37.0. The maximum atomic E-state index is 9.99. The quantitative estimate of drug-likeness (QED) is 0.174. The number of ether oxygens (including phenoxy) is 2. The van der Waals surface area contributed by atoms with Crippen LogP contribution in [0.2, 0.25) is 0 Å². The maximum Gasteiger partial charge on any atom is 0.151 e. The molecule has 6 heterocycles. The summed E-state index contributed by atoms with van der Waals surface area (Å²) in [5, 5.41) is 24.1. The normalized spacial score (nSPS) is 14.8. The number of aromatic nitrogens is 4. The molecule has 0 saturated heterocycles. The van der Waals surface area contributed by atoms with Crippen LogP contribution in [0.3, 0.4) is 0 Å². The molecule has 9 heteroatoms. The van der Waals surface area contributed by atoms with Gasteiger partial charge in [-0.2, -0.15) is 10.5 Å². The first-order chi connectivity index (χ1) is 34.6. The molecule has 1 spiro atoms. The topological polar surface area (TPSA) is 105 Å². The van der Waals surface area contributed by atoms with Crippen molar-refractivity contribution in [2.45, 2.75) is 5.41 Å². The van der Waals surface area contributed by atoms with Crippen LogP contribution in [0.4, 0.5) is 17.1 Å². The number of anilines is 3. The fraction of sp³-hybridized carbons (Fsp3) is 0.0164. The van der Waals surface area contributed by atoms with E-state index >= 15 is 0 Å². The summed E-state index contributed by atoms with van der Waals surface area (Å²) in [6, 6.07) is 68.8. The number of fused-ring (bicyclic) bond motifs is 17. The van der Waals surface area contributed by atoms with Crippen LogP contribution in [0.15, 0.2) is 200 Å². The second-order valence-corrected chi connectivity index (χ2v) is 18.0. The highest BCUT2D eigenvalue weighted by Crippen LogP contribution is 2.63. The summed E-state index contributed by atoms with van der Waals surface area (Å²) >= 11 is 0. The first-order valence-electron chi connectivity index (χ1n) is 23.1. The molecule has 1 unspecified atom stereocenters. The van der Waals surface area contributed by atoms with Crippen LogP contribution in [0.25, 0.3) is 66.4 Å². The van der Waals surface area contributed by atoms with Crippen molar-refractivity contribution in [3.8, 4) is 57.9 Å². The number of nitrogens with zero attached hydrogens (tertiary/aromatic N) is 7. The monoisotopic (exact) mass is 895 g/mol. The van der Waals surface area contributed by atoms with Gasteiger partial charge in [0.25, 0.3) is 0 Å². The van der Waals surface area contributed by atoms with Crippen molar-refractivity contribution in [1.82, 2.24) is 19.1 Å². The van der Waals surface area contributed by atoms with Crippen LogP contribution in [0.5, 0.6) is 23.0 Å². The Morgan fingerprint density at radius 1 is 0.386 bits per heavy atom. The van der Waals surface area contributed by atoms with Gasteiger partial charge in [0.1, 0.15) is 11.5 Å². The van der Waals surface area contributed by atoms with Gasteiger partial charge in [-0.15, -0.1) is 0 Å². The van der Waals surface area contributed by atoms with Crippen molar-refractivity contribution in [1.29, 1.82) is 10.5 Å². The lowest BCUT2D eigenvalue weighted by Crippen LogP contribution is -2.33. The van der Waals surface area contributed by atoms with E-state index in [9.17, 15) is 10.5 Å². The van der Waals surface area contributed by atoms with Gasteiger partial charge in [-0.3, -0.25) is 9.97 Å². The number of pyridine rings is 2. The fourth-order valence-corrected chi connectivity index (χ4v) is 11.6. The van der Waals surface area contributed by atoms with Crippen LogP contribution in [0.1, 0.15) is 33.4 Å². The van der Waals surface area contributed by atoms with Gasteiger partial charge in [0, 0.05) is 49.5 Å². The van der Waals surface area contributed by atoms with Crippen molar-refractivity contribution >= 4 is 60.7 Å². The van der Waals surface area contributed by atoms with Gasteiger partial charge in [-0.05, 0) is 109 Å². The number of rotatable bonds is 3. The molecule has 15 rings (SSSR count). The summed E-state index contributed by atoms with van der Waals surface area (Å²) in [5.74, 6) is 2.95. The SMILES string of the molecule is N#Cc1ccc2c(c1)c1ccccc1n2-c1ccc2c(c1)C1(c3ccccc3O2)c2cc(N3c4ccccc4Oc4ccccc43)cnc2-c2ncc(-n3c4ccccc4c4cc(C#N)ccc43)cc21. The van der Waals surface area contributed by atoms with E-state index in [1.165, 1.54) is 0 Å². The molecule has 324 valence electrons. The van der Waals surface area contributed by atoms with Crippen molar-refractivity contribution < 1.29 is 9.47 Å². The van der Waals surface area contributed by atoms with E-state index in [0.717, 1.165) is 123 Å². The van der Waals surface area contributed by atoms with Crippen LogP contribution in [-0.4, -0.2) is 19.1 Å². The Hall–Kier alpha value is -9.96. The van der Waals surface area contributed by atoms with E-state index in [0.29, 0.717) is 16.9 Å². The van der Waals surface area contributed by atoms with Crippen LogP contribution in [0, 0.1) is 22.7 Å². The molecule has 9 nitrogen and oxygen atoms in total. The fourth-order valence-electron chi connectivity index (χ4n) is 11.6. The van der Waals surface area contributed by atoms with E-state index in [1.807, 2.05) is 109 Å². The van der Waals surface area contributed by atoms with Gasteiger partial charge < -0.3 is 23.5 Å². The van der Waals surface area contributed by atoms with Crippen LogP contribution < -0.4 is 14.4 Å². The van der Waals surface area contributed by atoms with E-state index in [1.54, 1.807) is 0 Å². The molecular formula is C61H33N7O2. The van der Waals surface area contributed by atoms with Gasteiger partial charge in [0.2, 0.25) is 0 Å². The van der Waals surface area contributed by atoms with Crippen LogP contribution in [-0.2, 0) is 5.41 Å². The number of para-hydroxylation sites is 7. The van der Waals surface area contributed by atoms with E-state index in [-0.39, 0.29) is 0 Å². The summed E-state index contributed by atoms with van der Waals surface area (Å²) in [4.78, 5) is 13.1. The molecule has 3 aliphatic rings. The summed E-state index contributed by atoms with van der Waals surface area (Å²) in [5.41, 5.74) is 14.0. The lowest BCUT2D eigenvalue weighted by molar-refractivity contribution is 0.436. The molecule has 0 amide bonds. The highest BCUT2D eigenvalue weighted by Gasteiger charge is 2.53. The standard InChI is InChI=1S/C61H33N7O2/c62-32-36-21-24-51-43(27-36)41-11-1-4-14-49(41)66(51)38-23-26-56-46(29-38)61(45-13-3-8-18-55(45)69-56)47-30-39(67-50-15-5-2-12-42(50)44-28-37(33-63)22-25-52(44)67)34-64-59(47)60-48(61)31-40(35-65-60)68-53-16-6-9-19-57(53)70-58-20-10-7-17-54(58)68/h1-31,34-35H. The van der Waals surface area contributed by atoms with E-state index in [4.69, 9.17) is 19.4 Å². The summed E-state index contributed by atoms with van der Waals surface area (Å²) < 4.78 is 18.0. The van der Waals surface area contributed by atoms with Gasteiger partial charge in [0.05, 0.1) is 97.3 Å². The Balaban J connectivity index is 1.06. The Bertz CT molecular complexity index is 4330. The van der Waals surface area contributed by atoms with Gasteiger partial charge in [0.15, 0.2) is 11.5 Å². The van der Waals surface area contributed by atoms with Crippen molar-refractivity contribution in [2.75, 3.05) is 4.90 Å². The number of nitriles is 2. The Kier molecular flexibility index (Phi) is 7.65. The Labute approximate surface area is 400 Å². The predicted molar refractivity (Wildman–Crippen MR) is 272 cm³/mol. The maximum absolute atomic E-state index is 9.99. The van der Waals surface area contributed by atoms with Crippen LogP contribution >= 0.6 is 0 Å². The van der Waals surface area contributed by atoms with E-state index in [2.05, 4.69) is 117 Å². The highest BCUT2D eigenvalue weighted by molar-refractivity contribution is 6.11. The minimum absolute atomic E-state index is 0.601. The number of hydrogen-bond acceptors (Lipinski definition) is 7. The Morgan fingerprint density at radius 3 is 1.49 bits per heavy atom. The third-order valence-electron chi connectivity index (χ3n) is 14.5. The average Bonchev–Trinajstić information content (AvgIpc) is 4.04. The number of hydrogen-bond donors (Lipinski definition) is 0. The van der Waals surface area contributed by atoms with Crippen molar-refractivity contribution in [3.63, 3.8) is 0 Å². The predicted octanol–water partition coefficient (Wildman–Crippen LogP) is 14.5. The molecule has 70 heavy (non-hydrogen) atoms. The second-order valence-electron chi connectivity index (χ2n) is 18.0. The molecule has 12 aromatic rings. The van der Waals surface area contributed by atoms with Crippen molar-refractivity contribution in [2.24, 2.45) is 0 Å². The largest absolute Gasteiger partial charge is 0.457 e. The minimum Gasteiger partial charge on any atom is -0.457 e. The van der Waals surface area contributed by atoms with Gasteiger partial charge in [-0.1, -0.05) is 78.9 Å². The smallest absolute Gasteiger partial charge is 0.151 e. The third-order valence-corrected chi connectivity index (χ3v) is 14.5. The average molecular weight is 896 g/mol. The second kappa shape index (κ2) is 14.0. The first kappa shape index (κ1) is 38.2. The van der Waals surface area contributed by atoms with Gasteiger partial charge >= 0.3 is 0 Å². The highest BCUT2D eigenvalue weighted by atomic mass is 16.5. The zero-order valence-electron chi connectivity index (χ0n) is 37.0. The lowest BCUT2D eigenvalue weighted by atomic mass is 9.66. The summed E-state index contributed by atoms with van der Waals surface area (Å²) in [7, 11) is 0. The molecule has 4 aromatic heterocycles. The number of benzene rings is 8. The molecule has 0 bridgehead atoms. The lowest BCUT2D eigenvalue weighted by Gasteiger charge is -2.40. The molecule has 1 aliphatic carbocycles. The molecule has 0 radical (unpaired) electrons. The molecule has 8 aromatic carbocycles. The van der Waals surface area contributed by atoms with E-state index < -0.39 is 5.41 Å². The molecule has 2 aliphatic heterocycles. The molecule has 0 N–H and O–H groups in total. The summed E-state index contributed by atoms with van der Waals surface area (Å²) in [6.45, 7) is 0. The Morgan fingerprint density at radius 2 is 0.857 bits per heavy atom. The molecule has 0 fully saturated rings. The zero-order chi connectivity index (χ0) is 46.2.